The number of rotatable bonds is 6. The number of hydrogen-bond acceptors (Lipinski definition) is 3. The van der Waals surface area contributed by atoms with Crippen molar-refractivity contribution in [2.75, 3.05) is 6.54 Å². The Morgan fingerprint density at radius 2 is 2.21 bits per heavy atom. The molecule has 0 amide bonds. The molecule has 0 bridgehead atoms. The molecular formula is C14H17FN2O2. The first-order valence-electron chi connectivity index (χ1n) is 6.09. The van der Waals surface area contributed by atoms with E-state index in [0.717, 1.165) is 0 Å². The average Bonchev–Trinajstić information content (AvgIpc) is 2.35. The van der Waals surface area contributed by atoms with E-state index in [1.54, 1.807) is 18.2 Å². The molecule has 0 aliphatic heterocycles. The first-order chi connectivity index (χ1) is 8.95. The third-order valence-corrected chi connectivity index (χ3v) is 2.92. The highest BCUT2D eigenvalue weighted by Gasteiger charge is 2.15. The molecular weight excluding hydrogens is 247 g/mol. The summed E-state index contributed by atoms with van der Waals surface area (Å²) in [6.07, 6.45) is 0.0116. The second-order valence-corrected chi connectivity index (χ2v) is 4.60. The van der Waals surface area contributed by atoms with Crippen LogP contribution >= 0.6 is 0 Å². The number of benzene rings is 1. The van der Waals surface area contributed by atoms with Crippen LogP contribution in [0.1, 0.15) is 31.4 Å². The topological polar surface area (TPSA) is 64.3 Å². The Morgan fingerprint density at radius 1 is 1.53 bits per heavy atom. The maximum absolute atomic E-state index is 13.9. The summed E-state index contributed by atoms with van der Waals surface area (Å²) in [5.41, 5.74) is 0.428. The van der Waals surface area contributed by atoms with Gasteiger partial charge >= 0.3 is 5.97 Å². The van der Waals surface area contributed by atoms with Gasteiger partial charge in [-0.05, 0) is 19.9 Å². The maximum atomic E-state index is 13.9. The van der Waals surface area contributed by atoms with Crippen molar-refractivity contribution in [2.45, 2.75) is 32.9 Å². The minimum atomic E-state index is -0.878. The van der Waals surface area contributed by atoms with Crippen LogP contribution in [-0.2, 0) is 11.3 Å². The van der Waals surface area contributed by atoms with Crippen LogP contribution in [0.25, 0.3) is 0 Å². The standard InChI is InChI=1S/C14H17FN2O2/c1-10(2)17(7-6-13(18)19)9-12-5-3-4-11(8-16)14(12)15/h3-5,10H,6-7,9H2,1-2H3,(H,18,19). The number of carboxylic acid groups (broad SMARTS) is 1. The Morgan fingerprint density at radius 3 is 2.74 bits per heavy atom. The molecule has 0 unspecified atom stereocenters. The first-order valence-corrected chi connectivity index (χ1v) is 6.09. The number of carbonyl (C=O) groups is 1. The summed E-state index contributed by atoms with van der Waals surface area (Å²) in [5.74, 6) is -1.40. The van der Waals surface area contributed by atoms with Crippen LogP contribution in [-0.4, -0.2) is 28.6 Å². The fourth-order valence-corrected chi connectivity index (χ4v) is 1.77. The second kappa shape index (κ2) is 6.86. The van der Waals surface area contributed by atoms with Crippen molar-refractivity contribution >= 4 is 5.97 Å². The van der Waals surface area contributed by atoms with Crippen molar-refractivity contribution in [2.24, 2.45) is 0 Å². The quantitative estimate of drug-likeness (QED) is 0.856. The molecule has 0 spiro atoms. The lowest BCUT2D eigenvalue weighted by Crippen LogP contribution is -2.32. The van der Waals surface area contributed by atoms with Gasteiger partial charge in [-0.2, -0.15) is 5.26 Å². The molecule has 19 heavy (non-hydrogen) atoms. The van der Waals surface area contributed by atoms with Crippen molar-refractivity contribution in [3.63, 3.8) is 0 Å². The van der Waals surface area contributed by atoms with E-state index in [-0.39, 0.29) is 18.0 Å². The van der Waals surface area contributed by atoms with Gasteiger partial charge in [0, 0.05) is 24.7 Å². The molecule has 0 aromatic heterocycles. The fraction of sp³-hybridized carbons (Fsp3) is 0.429. The minimum Gasteiger partial charge on any atom is -0.481 e. The molecule has 0 aliphatic rings. The monoisotopic (exact) mass is 264 g/mol. The molecule has 102 valence electrons. The number of carboxylic acids is 1. The van der Waals surface area contributed by atoms with Crippen LogP contribution in [0.4, 0.5) is 4.39 Å². The average molecular weight is 264 g/mol. The summed E-state index contributed by atoms with van der Waals surface area (Å²) >= 11 is 0. The van der Waals surface area contributed by atoms with Gasteiger partial charge in [0.1, 0.15) is 11.9 Å². The Balaban J connectivity index is 2.85. The lowest BCUT2D eigenvalue weighted by Gasteiger charge is -2.26. The van der Waals surface area contributed by atoms with Crippen LogP contribution in [0.2, 0.25) is 0 Å². The van der Waals surface area contributed by atoms with Crippen molar-refractivity contribution < 1.29 is 14.3 Å². The molecule has 4 nitrogen and oxygen atoms in total. The van der Waals surface area contributed by atoms with Crippen LogP contribution in [0.3, 0.4) is 0 Å². The van der Waals surface area contributed by atoms with E-state index >= 15 is 0 Å². The van der Waals surface area contributed by atoms with Gasteiger partial charge in [-0.3, -0.25) is 9.69 Å². The third kappa shape index (κ3) is 4.34. The van der Waals surface area contributed by atoms with E-state index in [1.165, 1.54) is 6.07 Å². The molecule has 0 radical (unpaired) electrons. The van der Waals surface area contributed by atoms with Crippen molar-refractivity contribution in [3.05, 3.63) is 35.1 Å². The fourth-order valence-electron chi connectivity index (χ4n) is 1.77. The van der Waals surface area contributed by atoms with E-state index in [0.29, 0.717) is 18.7 Å². The molecule has 1 aromatic carbocycles. The highest BCUT2D eigenvalue weighted by atomic mass is 19.1. The molecule has 1 aromatic rings. The van der Waals surface area contributed by atoms with Crippen molar-refractivity contribution in [1.82, 2.24) is 4.90 Å². The van der Waals surface area contributed by atoms with Crippen LogP contribution in [0, 0.1) is 17.1 Å². The Labute approximate surface area is 112 Å². The van der Waals surface area contributed by atoms with E-state index in [4.69, 9.17) is 10.4 Å². The van der Waals surface area contributed by atoms with E-state index in [2.05, 4.69) is 0 Å². The van der Waals surface area contributed by atoms with Crippen molar-refractivity contribution in [3.8, 4) is 6.07 Å². The maximum Gasteiger partial charge on any atom is 0.304 e. The van der Waals surface area contributed by atoms with Gasteiger partial charge in [0.15, 0.2) is 0 Å². The Hall–Kier alpha value is -1.93. The van der Waals surface area contributed by atoms with Crippen molar-refractivity contribution in [1.29, 1.82) is 5.26 Å². The predicted molar refractivity (Wildman–Crippen MR) is 68.9 cm³/mol. The molecule has 5 heteroatoms. The zero-order valence-electron chi connectivity index (χ0n) is 11.1. The molecule has 0 aliphatic carbocycles. The molecule has 0 heterocycles. The SMILES string of the molecule is CC(C)N(CCC(=O)O)Cc1cccc(C#N)c1F. The number of halogens is 1. The lowest BCUT2D eigenvalue weighted by molar-refractivity contribution is -0.137. The van der Waals surface area contributed by atoms with Gasteiger partial charge in [0.05, 0.1) is 12.0 Å². The summed E-state index contributed by atoms with van der Waals surface area (Å²) in [6.45, 7) is 4.50. The summed E-state index contributed by atoms with van der Waals surface area (Å²) < 4.78 is 13.9. The predicted octanol–water partition coefficient (Wildman–Crippen LogP) is 2.38. The second-order valence-electron chi connectivity index (χ2n) is 4.60. The van der Waals surface area contributed by atoms with Gasteiger partial charge in [-0.1, -0.05) is 12.1 Å². The van der Waals surface area contributed by atoms with Gasteiger partial charge < -0.3 is 5.11 Å². The number of nitriles is 1. The van der Waals surface area contributed by atoms with E-state index in [1.807, 2.05) is 18.7 Å². The van der Waals surface area contributed by atoms with Crippen LogP contribution < -0.4 is 0 Å². The molecule has 0 saturated heterocycles. The number of aliphatic carboxylic acids is 1. The third-order valence-electron chi connectivity index (χ3n) is 2.92. The summed E-state index contributed by atoms with van der Waals surface area (Å²) in [5, 5.41) is 17.5. The molecule has 1 rings (SSSR count). The largest absolute Gasteiger partial charge is 0.481 e. The zero-order valence-corrected chi connectivity index (χ0v) is 11.1. The van der Waals surface area contributed by atoms with E-state index < -0.39 is 11.8 Å². The van der Waals surface area contributed by atoms with Gasteiger partial charge in [0.2, 0.25) is 0 Å². The first kappa shape index (κ1) is 15.1. The highest BCUT2D eigenvalue weighted by molar-refractivity contribution is 5.66. The van der Waals surface area contributed by atoms with Crippen LogP contribution in [0.15, 0.2) is 18.2 Å². The summed E-state index contributed by atoms with van der Waals surface area (Å²) in [7, 11) is 0. The van der Waals surface area contributed by atoms with Gasteiger partial charge in [-0.25, -0.2) is 4.39 Å². The van der Waals surface area contributed by atoms with E-state index in [9.17, 15) is 9.18 Å². The molecule has 0 atom stereocenters. The normalized spacial score (nSPS) is 10.7. The van der Waals surface area contributed by atoms with Crippen LogP contribution in [0.5, 0.6) is 0 Å². The molecule has 1 N–H and O–H groups in total. The Kier molecular flexibility index (Phi) is 5.46. The Bertz CT molecular complexity index is 495. The smallest absolute Gasteiger partial charge is 0.304 e. The van der Waals surface area contributed by atoms with Gasteiger partial charge in [0.25, 0.3) is 0 Å². The highest BCUT2D eigenvalue weighted by Crippen LogP contribution is 2.16. The number of nitrogens with zero attached hydrogens (tertiary/aromatic N) is 2. The lowest BCUT2D eigenvalue weighted by atomic mass is 10.1. The summed E-state index contributed by atoms with van der Waals surface area (Å²) in [6, 6.07) is 6.58. The molecule has 0 saturated carbocycles. The summed E-state index contributed by atoms with van der Waals surface area (Å²) in [4.78, 5) is 12.5. The zero-order chi connectivity index (χ0) is 14.4. The van der Waals surface area contributed by atoms with Gasteiger partial charge in [-0.15, -0.1) is 0 Å². The molecule has 0 fully saturated rings. The number of hydrogen-bond donors (Lipinski definition) is 1. The minimum absolute atomic E-state index is 0.0116.